The van der Waals surface area contributed by atoms with E-state index in [1.807, 2.05) is 31.2 Å². The van der Waals surface area contributed by atoms with Gasteiger partial charge in [0.15, 0.2) is 6.29 Å². The van der Waals surface area contributed by atoms with E-state index < -0.39 is 0 Å². The molecule has 0 aromatic heterocycles. The molecule has 0 bridgehead atoms. The molecule has 1 rings (SSSR count). The first kappa shape index (κ1) is 11.5. The maximum absolute atomic E-state index is 6.07. The van der Waals surface area contributed by atoms with Crippen LogP contribution in [0.1, 0.15) is 18.4 Å². The molecule has 0 aliphatic carbocycles. The summed E-state index contributed by atoms with van der Waals surface area (Å²) in [6.07, 6.45) is -0.255. The van der Waals surface area contributed by atoms with Crippen molar-refractivity contribution in [2.75, 3.05) is 14.2 Å². The van der Waals surface area contributed by atoms with Crippen LogP contribution in [-0.2, 0) is 9.47 Å². The van der Waals surface area contributed by atoms with Crippen molar-refractivity contribution in [2.45, 2.75) is 19.1 Å². The molecule has 0 saturated carbocycles. The number of hydrogen-bond donors (Lipinski definition) is 0. The third-order valence-corrected chi connectivity index (χ3v) is 2.61. The first-order valence-electron chi connectivity index (χ1n) is 4.50. The van der Waals surface area contributed by atoms with Crippen LogP contribution in [0.4, 0.5) is 0 Å². The van der Waals surface area contributed by atoms with E-state index in [1.165, 1.54) is 0 Å². The minimum absolute atomic E-state index is 0.124. The Hall–Kier alpha value is -0.570. The Balaban J connectivity index is 2.88. The second-order valence-electron chi connectivity index (χ2n) is 3.15. The van der Waals surface area contributed by atoms with Gasteiger partial charge in [-0.05, 0) is 11.6 Å². The zero-order valence-electron chi connectivity index (χ0n) is 8.66. The van der Waals surface area contributed by atoms with E-state index >= 15 is 0 Å². The normalized spacial score (nSPS) is 13.2. The fourth-order valence-electron chi connectivity index (χ4n) is 1.50. The van der Waals surface area contributed by atoms with Crippen LogP contribution in [0.25, 0.3) is 0 Å². The zero-order valence-corrected chi connectivity index (χ0v) is 9.41. The minimum Gasteiger partial charge on any atom is -0.355 e. The molecule has 3 heteroatoms. The summed E-state index contributed by atoms with van der Waals surface area (Å²) in [6, 6.07) is 7.72. The van der Waals surface area contributed by atoms with E-state index in [1.54, 1.807) is 14.2 Å². The van der Waals surface area contributed by atoms with Gasteiger partial charge >= 0.3 is 0 Å². The first-order valence-corrected chi connectivity index (χ1v) is 4.88. The molecular weight excluding hydrogens is 200 g/mol. The van der Waals surface area contributed by atoms with Crippen LogP contribution in [0.5, 0.6) is 0 Å². The Labute approximate surface area is 89.8 Å². The van der Waals surface area contributed by atoms with Crippen LogP contribution >= 0.6 is 11.6 Å². The van der Waals surface area contributed by atoms with Crippen LogP contribution < -0.4 is 0 Å². The van der Waals surface area contributed by atoms with Gasteiger partial charge in [-0.1, -0.05) is 36.7 Å². The van der Waals surface area contributed by atoms with Crippen LogP contribution in [0, 0.1) is 0 Å². The molecule has 0 spiro atoms. The van der Waals surface area contributed by atoms with Crippen LogP contribution in [-0.4, -0.2) is 20.5 Å². The van der Waals surface area contributed by atoms with E-state index in [0.29, 0.717) is 0 Å². The molecule has 78 valence electrons. The predicted octanol–water partition coefficient (Wildman–Crippen LogP) is 3.06. The van der Waals surface area contributed by atoms with Gasteiger partial charge in [-0.3, -0.25) is 0 Å². The summed E-state index contributed by atoms with van der Waals surface area (Å²) in [6.45, 7) is 2.03. The molecule has 0 heterocycles. The quantitative estimate of drug-likeness (QED) is 0.718. The second kappa shape index (κ2) is 5.35. The van der Waals surface area contributed by atoms with Gasteiger partial charge in [-0.15, -0.1) is 0 Å². The lowest BCUT2D eigenvalue weighted by atomic mass is 10.0. The van der Waals surface area contributed by atoms with E-state index in [0.717, 1.165) is 10.6 Å². The highest BCUT2D eigenvalue weighted by Crippen LogP contribution is 2.27. The van der Waals surface area contributed by atoms with E-state index in [9.17, 15) is 0 Å². The Bertz CT molecular complexity index is 284. The molecule has 0 aliphatic rings. The summed E-state index contributed by atoms with van der Waals surface area (Å²) in [5.74, 6) is 0.124. The molecule has 1 aromatic rings. The third-order valence-electron chi connectivity index (χ3n) is 2.27. The van der Waals surface area contributed by atoms with Gasteiger partial charge in [0.1, 0.15) is 0 Å². The van der Waals surface area contributed by atoms with Gasteiger partial charge in [0.2, 0.25) is 0 Å². The van der Waals surface area contributed by atoms with Crippen molar-refractivity contribution in [3.63, 3.8) is 0 Å². The lowest BCUT2D eigenvalue weighted by molar-refractivity contribution is -0.115. The lowest BCUT2D eigenvalue weighted by Crippen LogP contribution is -2.20. The largest absolute Gasteiger partial charge is 0.355 e. The van der Waals surface area contributed by atoms with E-state index in [4.69, 9.17) is 21.1 Å². The van der Waals surface area contributed by atoms with Crippen molar-refractivity contribution < 1.29 is 9.47 Å². The second-order valence-corrected chi connectivity index (χ2v) is 3.56. The fraction of sp³-hybridized carbons (Fsp3) is 0.455. The monoisotopic (exact) mass is 214 g/mol. The molecule has 2 nitrogen and oxygen atoms in total. The van der Waals surface area contributed by atoms with E-state index in [2.05, 4.69) is 0 Å². The molecule has 14 heavy (non-hydrogen) atoms. The van der Waals surface area contributed by atoms with Gasteiger partial charge < -0.3 is 9.47 Å². The molecule has 0 radical (unpaired) electrons. The Kier molecular flexibility index (Phi) is 4.39. The van der Waals surface area contributed by atoms with Gasteiger partial charge in [-0.25, -0.2) is 0 Å². The van der Waals surface area contributed by atoms with Crippen molar-refractivity contribution in [1.82, 2.24) is 0 Å². The Morgan fingerprint density at radius 2 is 1.71 bits per heavy atom. The van der Waals surface area contributed by atoms with Crippen LogP contribution in [0.2, 0.25) is 5.02 Å². The molecule has 1 atom stereocenters. The highest BCUT2D eigenvalue weighted by Gasteiger charge is 2.19. The summed E-state index contributed by atoms with van der Waals surface area (Å²) < 4.78 is 10.4. The molecule has 0 amide bonds. The summed E-state index contributed by atoms with van der Waals surface area (Å²) >= 11 is 6.07. The average Bonchev–Trinajstić information content (AvgIpc) is 2.20. The SMILES string of the molecule is COC(OC)C(C)c1ccccc1Cl. The predicted molar refractivity (Wildman–Crippen MR) is 57.7 cm³/mol. The van der Waals surface area contributed by atoms with Crippen molar-refractivity contribution in [1.29, 1.82) is 0 Å². The molecule has 1 unspecified atom stereocenters. The van der Waals surface area contributed by atoms with Crippen molar-refractivity contribution in [3.05, 3.63) is 34.9 Å². The smallest absolute Gasteiger partial charge is 0.163 e. The maximum atomic E-state index is 6.07. The molecular formula is C11H15ClO2. The lowest BCUT2D eigenvalue weighted by Gasteiger charge is -2.22. The number of methoxy groups -OCH3 is 2. The highest BCUT2D eigenvalue weighted by atomic mass is 35.5. The van der Waals surface area contributed by atoms with Gasteiger partial charge in [-0.2, -0.15) is 0 Å². The molecule has 0 N–H and O–H groups in total. The summed E-state index contributed by atoms with van der Waals surface area (Å²) in [4.78, 5) is 0. The maximum Gasteiger partial charge on any atom is 0.163 e. The Morgan fingerprint density at radius 1 is 1.14 bits per heavy atom. The van der Waals surface area contributed by atoms with Gasteiger partial charge in [0.25, 0.3) is 0 Å². The standard InChI is InChI=1S/C11H15ClO2/c1-8(11(13-2)14-3)9-6-4-5-7-10(9)12/h4-8,11H,1-3H3. The summed E-state index contributed by atoms with van der Waals surface area (Å²) in [7, 11) is 3.25. The van der Waals surface area contributed by atoms with Crippen molar-refractivity contribution >= 4 is 11.6 Å². The number of hydrogen-bond acceptors (Lipinski definition) is 2. The molecule has 0 fully saturated rings. The molecule has 1 aromatic carbocycles. The first-order chi connectivity index (χ1) is 6.70. The number of halogens is 1. The van der Waals surface area contributed by atoms with E-state index in [-0.39, 0.29) is 12.2 Å². The highest BCUT2D eigenvalue weighted by molar-refractivity contribution is 6.31. The number of rotatable bonds is 4. The molecule has 0 aliphatic heterocycles. The number of benzene rings is 1. The average molecular weight is 215 g/mol. The number of ether oxygens (including phenoxy) is 2. The van der Waals surface area contributed by atoms with Crippen LogP contribution in [0.15, 0.2) is 24.3 Å². The summed E-state index contributed by atoms with van der Waals surface area (Å²) in [5, 5.41) is 0.749. The third kappa shape index (κ3) is 2.47. The minimum atomic E-state index is -0.255. The van der Waals surface area contributed by atoms with Crippen molar-refractivity contribution in [3.8, 4) is 0 Å². The molecule has 0 saturated heterocycles. The fourth-order valence-corrected chi connectivity index (χ4v) is 1.80. The van der Waals surface area contributed by atoms with Crippen molar-refractivity contribution in [2.24, 2.45) is 0 Å². The zero-order chi connectivity index (χ0) is 10.6. The van der Waals surface area contributed by atoms with Gasteiger partial charge in [0, 0.05) is 25.2 Å². The topological polar surface area (TPSA) is 18.5 Å². The van der Waals surface area contributed by atoms with Crippen LogP contribution in [0.3, 0.4) is 0 Å². The van der Waals surface area contributed by atoms with Gasteiger partial charge in [0.05, 0.1) is 0 Å². The summed E-state index contributed by atoms with van der Waals surface area (Å²) in [5.41, 5.74) is 1.04. The Morgan fingerprint density at radius 3 is 2.21 bits per heavy atom.